The molecule has 0 amide bonds. The summed E-state index contributed by atoms with van der Waals surface area (Å²) in [5.41, 5.74) is 3.79. The Morgan fingerprint density at radius 1 is 0.846 bits per heavy atom. The van der Waals surface area contributed by atoms with Crippen molar-refractivity contribution >= 4 is 11.0 Å². The Kier molecular flexibility index (Phi) is 4.64. The molecular weight excluding hydrogens is 332 g/mol. The van der Waals surface area contributed by atoms with Crippen molar-refractivity contribution in [2.75, 3.05) is 21.3 Å². The highest BCUT2D eigenvalue weighted by Crippen LogP contribution is 2.37. The first kappa shape index (κ1) is 17.9. The molecule has 3 rings (SSSR count). The molecule has 0 spiro atoms. The Hall–Kier alpha value is -2.95. The van der Waals surface area contributed by atoms with E-state index >= 15 is 0 Å². The van der Waals surface area contributed by atoms with Crippen LogP contribution in [0.5, 0.6) is 17.2 Å². The third-order valence-electron chi connectivity index (χ3n) is 4.68. The van der Waals surface area contributed by atoms with Gasteiger partial charge in [-0.2, -0.15) is 0 Å². The first-order valence-electron chi connectivity index (χ1n) is 8.26. The summed E-state index contributed by atoms with van der Waals surface area (Å²) in [5, 5.41) is 0.385. The van der Waals surface area contributed by atoms with E-state index in [-0.39, 0.29) is 11.2 Å². The second-order valence-electron chi connectivity index (χ2n) is 6.20. The largest absolute Gasteiger partial charge is 0.496 e. The van der Waals surface area contributed by atoms with Gasteiger partial charge in [-0.25, -0.2) is 0 Å². The summed E-state index contributed by atoms with van der Waals surface area (Å²) >= 11 is 0. The van der Waals surface area contributed by atoms with Crippen LogP contribution in [-0.2, 0) is 0 Å². The minimum atomic E-state index is -0.261. The number of methoxy groups -OCH3 is 3. The first-order valence-corrected chi connectivity index (χ1v) is 8.26. The number of fused-ring (bicyclic) bond motifs is 1. The van der Waals surface area contributed by atoms with E-state index in [4.69, 9.17) is 18.6 Å². The van der Waals surface area contributed by atoms with Crippen LogP contribution in [0.4, 0.5) is 0 Å². The molecule has 0 N–H and O–H groups in total. The molecule has 0 atom stereocenters. The lowest BCUT2D eigenvalue weighted by Crippen LogP contribution is -2.10. The van der Waals surface area contributed by atoms with Crippen molar-refractivity contribution < 1.29 is 18.6 Å². The van der Waals surface area contributed by atoms with E-state index in [1.807, 2.05) is 45.0 Å². The van der Waals surface area contributed by atoms with Gasteiger partial charge in [0.2, 0.25) is 11.2 Å². The zero-order chi connectivity index (χ0) is 19.0. The standard InChI is InChI=1S/C21H22O5/c1-11-7-8-14(10-15(11)23-4)20-21(25-6)18(22)17-16(26-20)9-12(2)13(3)19(17)24-5/h7-10H,1-6H3. The fourth-order valence-electron chi connectivity index (χ4n) is 3.12. The quantitative estimate of drug-likeness (QED) is 0.694. The van der Waals surface area contributed by atoms with Gasteiger partial charge in [0.15, 0.2) is 5.76 Å². The van der Waals surface area contributed by atoms with E-state index in [1.54, 1.807) is 14.2 Å². The average molecular weight is 354 g/mol. The second-order valence-corrected chi connectivity index (χ2v) is 6.20. The Balaban J connectivity index is 2.41. The Labute approximate surface area is 152 Å². The highest BCUT2D eigenvalue weighted by molar-refractivity contribution is 5.89. The number of ether oxygens (including phenoxy) is 3. The van der Waals surface area contributed by atoms with Crippen molar-refractivity contribution in [2.24, 2.45) is 0 Å². The molecule has 0 fully saturated rings. The van der Waals surface area contributed by atoms with Gasteiger partial charge in [-0.3, -0.25) is 4.79 Å². The van der Waals surface area contributed by atoms with Gasteiger partial charge < -0.3 is 18.6 Å². The lowest BCUT2D eigenvalue weighted by molar-refractivity contribution is 0.394. The molecule has 0 aliphatic rings. The molecule has 3 aromatic rings. The molecule has 0 aliphatic carbocycles. The Bertz CT molecular complexity index is 1050. The minimum absolute atomic E-state index is 0.143. The van der Waals surface area contributed by atoms with Crippen molar-refractivity contribution in [1.82, 2.24) is 0 Å². The van der Waals surface area contributed by atoms with Gasteiger partial charge in [0.1, 0.15) is 22.5 Å². The summed E-state index contributed by atoms with van der Waals surface area (Å²) in [5.74, 6) is 1.74. The van der Waals surface area contributed by atoms with Crippen LogP contribution >= 0.6 is 0 Å². The summed E-state index contributed by atoms with van der Waals surface area (Å²) in [4.78, 5) is 13.1. The SMILES string of the molecule is COc1cc(-c2oc3cc(C)c(C)c(OC)c3c(=O)c2OC)ccc1C. The summed E-state index contributed by atoms with van der Waals surface area (Å²) < 4.78 is 22.4. The molecular formula is C21H22O5. The molecule has 1 aromatic heterocycles. The highest BCUT2D eigenvalue weighted by Gasteiger charge is 2.22. The summed E-state index contributed by atoms with van der Waals surface area (Å²) in [6, 6.07) is 7.48. The lowest BCUT2D eigenvalue weighted by Gasteiger charge is -2.15. The van der Waals surface area contributed by atoms with Crippen LogP contribution < -0.4 is 19.6 Å². The van der Waals surface area contributed by atoms with Gasteiger partial charge in [0, 0.05) is 5.56 Å². The summed E-state index contributed by atoms with van der Waals surface area (Å²) in [7, 11) is 4.61. The molecule has 0 saturated carbocycles. The van der Waals surface area contributed by atoms with Gasteiger partial charge >= 0.3 is 0 Å². The fraction of sp³-hybridized carbons (Fsp3) is 0.286. The first-order chi connectivity index (χ1) is 12.4. The van der Waals surface area contributed by atoms with E-state index in [0.717, 1.165) is 16.7 Å². The van der Waals surface area contributed by atoms with Crippen LogP contribution in [0.15, 0.2) is 33.5 Å². The maximum atomic E-state index is 13.1. The number of hydrogen-bond donors (Lipinski definition) is 0. The normalized spacial score (nSPS) is 10.8. The van der Waals surface area contributed by atoms with Crippen molar-refractivity contribution in [1.29, 1.82) is 0 Å². The Morgan fingerprint density at radius 2 is 1.54 bits per heavy atom. The van der Waals surface area contributed by atoms with E-state index < -0.39 is 0 Å². The van der Waals surface area contributed by atoms with Crippen LogP contribution in [0.1, 0.15) is 16.7 Å². The van der Waals surface area contributed by atoms with Crippen LogP contribution in [0.3, 0.4) is 0 Å². The molecule has 0 saturated heterocycles. The maximum absolute atomic E-state index is 13.1. The molecule has 0 bridgehead atoms. The highest BCUT2D eigenvalue weighted by atomic mass is 16.5. The summed E-state index contributed by atoms with van der Waals surface area (Å²) in [6.45, 7) is 5.82. The molecule has 2 aromatic carbocycles. The maximum Gasteiger partial charge on any atom is 0.239 e. The van der Waals surface area contributed by atoms with Crippen LogP contribution in [-0.4, -0.2) is 21.3 Å². The predicted molar refractivity (Wildman–Crippen MR) is 102 cm³/mol. The van der Waals surface area contributed by atoms with Crippen molar-refractivity contribution in [2.45, 2.75) is 20.8 Å². The molecule has 0 unspecified atom stereocenters. The molecule has 136 valence electrons. The predicted octanol–water partition coefficient (Wildman–Crippen LogP) is 4.41. The third-order valence-corrected chi connectivity index (χ3v) is 4.68. The van der Waals surface area contributed by atoms with Gasteiger partial charge in [0.25, 0.3) is 0 Å². The number of hydrogen-bond acceptors (Lipinski definition) is 5. The van der Waals surface area contributed by atoms with Crippen LogP contribution in [0.2, 0.25) is 0 Å². The number of benzene rings is 2. The van der Waals surface area contributed by atoms with E-state index in [1.165, 1.54) is 7.11 Å². The van der Waals surface area contributed by atoms with Crippen molar-refractivity contribution in [3.8, 4) is 28.6 Å². The Morgan fingerprint density at radius 3 is 2.15 bits per heavy atom. The topological polar surface area (TPSA) is 57.9 Å². The van der Waals surface area contributed by atoms with Gasteiger partial charge in [0.05, 0.1) is 21.3 Å². The molecule has 26 heavy (non-hydrogen) atoms. The lowest BCUT2D eigenvalue weighted by atomic mass is 10.0. The summed E-state index contributed by atoms with van der Waals surface area (Å²) in [6.07, 6.45) is 0. The number of rotatable bonds is 4. The zero-order valence-electron chi connectivity index (χ0n) is 15.9. The van der Waals surface area contributed by atoms with Gasteiger partial charge in [-0.05, 0) is 49.6 Å². The molecule has 0 aliphatic heterocycles. The van der Waals surface area contributed by atoms with Crippen LogP contribution in [0, 0.1) is 20.8 Å². The smallest absolute Gasteiger partial charge is 0.239 e. The van der Waals surface area contributed by atoms with Gasteiger partial charge in [-0.15, -0.1) is 0 Å². The second kappa shape index (κ2) is 6.75. The van der Waals surface area contributed by atoms with E-state index in [2.05, 4.69) is 0 Å². The van der Waals surface area contributed by atoms with Gasteiger partial charge in [-0.1, -0.05) is 12.1 Å². The molecule has 5 nitrogen and oxygen atoms in total. The van der Waals surface area contributed by atoms with Crippen LogP contribution in [0.25, 0.3) is 22.3 Å². The van der Waals surface area contributed by atoms with Crippen molar-refractivity contribution in [3.05, 3.63) is 51.2 Å². The molecule has 5 heteroatoms. The third kappa shape index (κ3) is 2.69. The zero-order valence-corrected chi connectivity index (χ0v) is 15.9. The van der Waals surface area contributed by atoms with E-state index in [0.29, 0.717) is 33.8 Å². The molecule has 1 heterocycles. The molecule has 0 radical (unpaired) electrons. The van der Waals surface area contributed by atoms with E-state index in [9.17, 15) is 4.79 Å². The fourth-order valence-corrected chi connectivity index (χ4v) is 3.12. The van der Waals surface area contributed by atoms with Crippen molar-refractivity contribution in [3.63, 3.8) is 0 Å². The average Bonchev–Trinajstić information content (AvgIpc) is 2.63. The monoisotopic (exact) mass is 354 g/mol. The minimum Gasteiger partial charge on any atom is -0.496 e. The number of aryl methyl sites for hydroxylation is 2.